The van der Waals surface area contributed by atoms with E-state index in [1.807, 2.05) is 0 Å². The van der Waals surface area contributed by atoms with Gasteiger partial charge in [-0.05, 0) is 0 Å². The molecule has 1 fully saturated rings. The van der Waals surface area contributed by atoms with Gasteiger partial charge in [0.2, 0.25) is 0 Å². The summed E-state index contributed by atoms with van der Waals surface area (Å²) in [7, 11) is 0. The molecule has 7 rings (SSSR count). The number of nitrogens with zero attached hydrogens (tertiary/aromatic N) is 4. The van der Waals surface area contributed by atoms with Crippen molar-refractivity contribution >= 4 is 8.29 Å². The quantitative estimate of drug-likeness (QED) is 0.447. The van der Waals surface area contributed by atoms with Gasteiger partial charge in [0.25, 0.3) is 0 Å². The predicted octanol–water partition coefficient (Wildman–Crippen LogP) is 4.25. The number of rotatable bonds is 0. The van der Waals surface area contributed by atoms with E-state index in [0.717, 1.165) is 24.6 Å². The van der Waals surface area contributed by atoms with Crippen molar-refractivity contribution in [3.05, 3.63) is 84.5 Å². The number of hydrogen-bond acceptors (Lipinski definition) is 5. The van der Waals surface area contributed by atoms with Crippen LogP contribution in [0.15, 0.2) is 73.3 Å². The summed E-state index contributed by atoms with van der Waals surface area (Å²) in [5, 5.41) is 0. The number of fused-ring (bicyclic) bond motifs is 7. The van der Waals surface area contributed by atoms with Crippen molar-refractivity contribution in [2.75, 3.05) is 0 Å². The van der Waals surface area contributed by atoms with Gasteiger partial charge in [-0.3, -0.25) is 0 Å². The first-order valence-electron chi connectivity index (χ1n) is 11.5. The molecule has 0 N–H and O–H groups in total. The molecular weight excluding hydrogens is 579 g/mol. The molecule has 32 heavy (non-hydrogen) atoms. The molecule has 1 aliphatic carbocycles. The molecule has 0 amide bonds. The minimum atomic E-state index is -0.341. The summed E-state index contributed by atoms with van der Waals surface area (Å²) in [6.07, 6.45) is 14.6. The number of benzene rings is 2. The van der Waals surface area contributed by atoms with Gasteiger partial charge in [0.1, 0.15) is 0 Å². The van der Waals surface area contributed by atoms with E-state index in [1.54, 1.807) is 0 Å². The van der Waals surface area contributed by atoms with E-state index < -0.39 is 0 Å². The van der Waals surface area contributed by atoms with Crippen LogP contribution in [-0.4, -0.2) is 40.0 Å². The van der Waals surface area contributed by atoms with Crippen LogP contribution in [0.5, 0.6) is 11.5 Å². The van der Waals surface area contributed by atoms with Crippen molar-refractivity contribution in [3.63, 3.8) is 0 Å². The van der Waals surface area contributed by atoms with E-state index in [1.165, 1.54) is 45.1 Å². The standard InChI is InChI=1S/C26H26N4O.Pt/c1-2-10-26-25(9-1)29-13-11-27(19-29)17-21-5-3-7-23(15-21)31-24-8-4-6-22(16-24)18-28-12-14-30(26)20-28;/h3-8,11-16,25-26H,1-2,9-10,17-18H2;. The third-order valence-electron chi connectivity index (χ3n) is 6.94. The Bertz CT molecular complexity index is 1120. The van der Waals surface area contributed by atoms with E-state index >= 15 is 0 Å². The molecule has 0 aromatic heterocycles. The Morgan fingerprint density at radius 2 is 1.22 bits per heavy atom. The van der Waals surface area contributed by atoms with Gasteiger partial charge < -0.3 is 0 Å². The first-order valence-corrected chi connectivity index (χ1v) is 13.7. The zero-order valence-corrected chi connectivity index (χ0v) is 20.1. The monoisotopic (exact) mass is 605 g/mol. The maximum atomic E-state index is 6.26. The van der Waals surface area contributed by atoms with Crippen LogP contribution in [0.2, 0.25) is 0 Å². The van der Waals surface area contributed by atoms with Gasteiger partial charge >= 0.3 is 197 Å². The second-order valence-corrected chi connectivity index (χ2v) is 11.6. The van der Waals surface area contributed by atoms with E-state index in [9.17, 15) is 0 Å². The molecule has 0 saturated heterocycles. The predicted molar refractivity (Wildman–Crippen MR) is 122 cm³/mol. The summed E-state index contributed by atoms with van der Waals surface area (Å²) >= 11 is -0.341. The molecule has 5 nitrogen and oxygen atoms in total. The van der Waals surface area contributed by atoms with E-state index in [-0.39, 0.29) is 17.6 Å². The first-order chi connectivity index (χ1) is 15.8. The molecule has 5 aliphatic rings. The Morgan fingerprint density at radius 3 is 1.75 bits per heavy atom. The fourth-order valence-electron chi connectivity index (χ4n) is 5.45. The maximum absolute atomic E-state index is 6.26. The second-order valence-electron chi connectivity index (χ2n) is 9.04. The van der Waals surface area contributed by atoms with Crippen LogP contribution in [0, 0.1) is 0 Å². The van der Waals surface area contributed by atoms with E-state index in [4.69, 9.17) is 4.74 Å². The molecular formula is C26H26N4OPt. The van der Waals surface area contributed by atoms with Gasteiger partial charge in [0.15, 0.2) is 0 Å². The van der Waals surface area contributed by atoms with Crippen LogP contribution in [0.4, 0.5) is 0 Å². The molecule has 0 radical (unpaired) electrons. The average Bonchev–Trinajstić information content (AvgIpc) is 3.35. The van der Waals surface area contributed by atoms with Crippen molar-refractivity contribution in [3.8, 4) is 11.5 Å². The summed E-state index contributed by atoms with van der Waals surface area (Å²) in [6, 6.07) is 18.3. The Morgan fingerprint density at radius 1 is 0.688 bits per heavy atom. The number of hydrogen-bond donors (Lipinski definition) is 0. The Labute approximate surface area is 196 Å². The fourth-order valence-corrected chi connectivity index (χ4v) is 8.93. The van der Waals surface area contributed by atoms with E-state index in [2.05, 4.69) is 92.9 Å². The van der Waals surface area contributed by atoms with Gasteiger partial charge in [-0.1, -0.05) is 0 Å². The van der Waals surface area contributed by atoms with Crippen molar-refractivity contribution in [1.82, 2.24) is 19.6 Å². The zero-order chi connectivity index (χ0) is 21.1. The molecule has 2 aromatic rings. The third kappa shape index (κ3) is 3.09. The van der Waals surface area contributed by atoms with Gasteiger partial charge in [-0.2, -0.15) is 0 Å². The van der Waals surface area contributed by atoms with Crippen LogP contribution in [0.25, 0.3) is 0 Å². The molecule has 2 unspecified atom stereocenters. The second kappa shape index (κ2) is 7.45. The fraction of sp³-hybridized carbons (Fsp3) is 0.308. The molecule has 0 spiro atoms. The Kier molecular flexibility index (Phi) is 4.39. The molecule has 2 aromatic carbocycles. The topological polar surface area (TPSA) is 22.2 Å². The zero-order valence-electron chi connectivity index (χ0n) is 17.8. The molecule has 4 heterocycles. The van der Waals surface area contributed by atoms with Gasteiger partial charge in [-0.15, -0.1) is 0 Å². The van der Waals surface area contributed by atoms with Gasteiger partial charge in [0.05, 0.1) is 0 Å². The molecule has 166 valence electrons. The summed E-state index contributed by atoms with van der Waals surface area (Å²) in [5.74, 6) is 1.81. The van der Waals surface area contributed by atoms with Crippen molar-refractivity contribution < 1.29 is 22.4 Å². The van der Waals surface area contributed by atoms with Crippen LogP contribution >= 0.6 is 0 Å². The summed E-state index contributed by atoms with van der Waals surface area (Å²) in [5.41, 5.74) is 2.57. The third-order valence-corrected chi connectivity index (χ3v) is 10.4. The number of ether oxygens (including phenoxy) is 1. The summed E-state index contributed by atoms with van der Waals surface area (Å²) < 4.78 is 9.30. The SMILES string of the molecule is C1=CN2[C]3=[Pt]=[C]4N(C=CN4C4CCCCC42)Cc2cccc(c2)Oc2cccc(c2)CN13. The Balaban J connectivity index is 1.40. The molecule has 2 atom stereocenters. The molecule has 4 aliphatic heterocycles. The summed E-state index contributed by atoms with van der Waals surface area (Å²) in [4.78, 5) is 10.3. The van der Waals surface area contributed by atoms with Crippen molar-refractivity contribution in [1.29, 1.82) is 0 Å². The summed E-state index contributed by atoms with van der Waals surface area (Å²) in [6.45, 7) is 1.77. The van der Waals surface area contributed by atoms with Crippen LogP contribution < -0.4 is 4.74 Å². The first kappa shape index (κ1) is 18.9. The molecule has 1 saturated carbocycles. The van der Waals surface area contributed by atoms with Crippen LogP contribution in [0.3, 0.4) is 0 Å². The molecule has 6 bridgehead atoms. The Hall–Kier alpha value is -2.65. The van der Waals surface area contributed by atoms with Gasteiger partial charge in [-0.25, -0.2) is 0 Å². The molecule has 6 heteroatoms. The minimum absolute atomic E-state index is 0.341. The average molecular weight is 606 g/mol. The van der Waals surface area contributed by atoms with Crippen molar-refractivity contribution in [2.45, 2.75) is 50.9 Å². The van der Waals surface area contributed by atoms with Gasteiger partial charge in [0, 0.05) is 0 Å². The normalized spacial score (nSPS) is 25.8. The van der Waals surface area contributed by atoms with E-state index in [0.29, 0.717) is 12.1 Å². The van der Waals surface area contributed by atoms with Crippen LogP contribution in [0.1, 0.15) is 36.8 Å². The van der Waals surface area contributed by atoms with Crippen molar-refractivity contribution in [2.24, 2.45) is 0 Å². The van der Waals surface area contributed by atoms with Crippen LogP contribution in [-0.2, 0) is 30.7 Å².